The molecular weight excluding hydrogens is 237 g/mol. The van der Waals surface area contributed by atoms with E-state index in [1.54, 1.807) is 25.1 Å². The number of hydrogen-bond donors (Lipinski definition) is 0. The van der Waals surface area contributed by atoms with Crippen molar-refractivity contribution in [3.63, 3.8) is 0 Å². The number of carbonyl (C=O) groups is 2. The fourth-order valence-electron chi connectivity index (χ4n) is 2.11. The molecule has 18 heavy (non-hydrogen) atoms. The number of halogens is 1. The van der Waals surface area contributed by atoms with Crippen LogP contribution in [0.25, 0.3) is 0 Å². The van der Waals surface area contributed by atoms with E-state index < -0.39 is 17.7 Å². The van der Waals surface area contributed by atoms with Crippen LogP contribution in [0.1, 0.15) is 12.0 Å². The Balaban J connectivity index is 2.27. The molecular formula is C13H14FNO3. The highest BCUT2D eigenvalue weighted by atomic mass is 19.1. The number of hydrogen-bond acceptors (Lipinski definition) is 3. The van der Waals surface area contributed by atoms with Gasteiger partial charge in [-0.25, -0.2) is 4.39 Å². The molecule has 0 radical (unpaired) electrons. The Morgan fingerprint density at radius 2 is 2.22 bits per heavy atom. The number of carbonyl (C=O) groups excluding carboxylic acids is 2. The Bertz CT molecular complexity index is 501. The van der Waals surface area contributed by atoms with Crippen LogP contribution in [0, 0.1) is 18.7 Å². The van der Waals surface area contributed by atoms with Crippen LogP contribution in [0.5, 0.6) is 0 Å². The lowest BCUT2D eigenvalue weighted by Gasteiger charge is -2.17. The molecule has 1 aromatic rings. The predicted octanol–water partition coefficient (Wildman–Crippen LogP) is 1.66. The van der Waals surface area contributed by atoms with Crippen LogP contribution in [0.4, 0.5) is 10.1 Å². The van der Waals surface area contributed by atoms with Gasteiger partial charge in [-0.05, 0) is 18.6 Å². The first kappa shape index (κ1) is 12.5. The van der Waals surface area contributed by atoms with Gasteiger partial charge in [-0.3, -0.25) is 9.59 Å². The largest absolute Gasteiger partial charge is 0.469 e. The third-order valence-corrected chi connectivity index (χ3v) is 3.12. The van der Waals surface area contributed by atoms with Crippen molar-refractivity contribution in [2.75, 3.05) is 18.6 Å². The molecule has 5 heteroatoms. The maximum atomic E-state index is 13.9. The fraction of sp³-hybridized carbons (Fsp3) is 0.385. The molecule has 1 amide bonds. The highest BCUT2D eigenvalue weighted by Gasteiger charge is 2.36. The number of benzene rings is 1. The van der Waals surface area contributed by atoms with Crippen molar-refractivity contribution in [2.24, 2.45) is 5.92 Å². The van der Waals surface area contributed by atoms with Gasteiger partial charge in [-0.1, -0.05) is 12.1 Å². The van der Waals surface area contributed by atoms with Crippen molar-refractivity contribution >= 4 is 17.6 Å². The van der Waals surface area contributed by atoms with E-state index in [1.165, 1.54) is 12.0 Å². The maximum absolute atomic E-state index is 13.9. The van der Waals surface area contributed by atoms with Gasteiger partial charge in [0.05, 0.1) is 18.7 Å². The van der Waals surface area contributed by atoms with Crippen molar-refractivity contribution in [1.82, 2.24) is 0 Å². The van der Waals surface area contributed by atoms with Gasteiger partial charge in [-0.15, -0.1) is 0 Å². The second kappa shape index (κ2) is 4.76. The SMILES string of the molecule is COC(=O)C1CC(=O)N(c2cccc(C)c2F)C1. The molecule has 1 aliphatic rings. The zero-order valence-corrected chi connectivity index (χ0v) is 10.3. The lowest BCUT2D eigenvalue weighted by atomic mass is 10.1. The topological polar surface area (TPSA) is 46.6 Å². The second-order valence-electron chi connectivity index (χ2n) is 4.34. The third-order valence-electron chi connectivity index (χ3n) is 3.12. The number of methoxy groups -OCH3 is 1. The summed E-state index contributed by atoms with van der Waals surface area (Å²) in [6, 6.07) is 4.86. The van der Waals surface area contributed by atoms with Crippen molar-refractivity contribution in [1.29, 1.82) is 0 Å². The summed E-state index contributed by atoms with van der Waals surface area (Å²) < 4.78 is 18.5. The van der Waals surface area contributed by atoms with Gasteiger partial charge in [-0.2, -0.15) is 0 Å². The van der Waals surface area contributed by atoms with E-state index >= 15 is 0 Å². The van der Waals surface area contributed by atoms with Gasteiger partial charge in [0, 0.05) is 13.0 Å². The van der Waals surface area contributed by atoms with E-state index in [9.17, 15) is 14.0 Å². The highest BCUT2D eigenvalue weighted by molar-refractivity contribution is 5.99. The Morgan fingerprint density at radius 1 is 1.50 bits per heavy atom. The van der Waals surface area contributed by atoms with Crippen LogP contribution < -0.4 is 4.90 Å². The smallest absolute Gasteiger partial charge is 0.311 e. The molecule has 1 aromatic carbocycles. The van der Waals surface area contributed by atoms with Crippen LogP contribution >= 0.6 is 0 Å². The molecule has 1 heterocycles. The molecule has 0 aliphatic carbocycles. The molecule has 0 bridgehead atoms. The molecule has 0 saturated carbocycles. The molecule has 1 aliphatic heterocycles. The van der Waals surface area contributed by atoms with Crippen LogP contribution in [0.2, 0.25) is 0 Å². The molecule has 0 N–H and O–H groups in total. The Labute approximate surface area is 104 Å². The molecule has 1 saturated heterocycles. The van der Waals surface area contributed by atoms with Gasteiger partial charge in [0.2, 0.25) is 5.91 Å². The van der Waals surface area contributed by atoms with E-state index in [-0.39, 0.29) is 24.6 Å². The average molecular weight is 251 g/mol. The summed E-state index contributed by atoms with van der Waals surface area (Å²) in [6.07, 6.45) is 0.0695. The first-order chi connectivity index (χ1) is 8.54. The third kappa shape index (κ3) is 2.08. The fourth-order valence-corrected chi connectivity index (χ4v) is 2.11. The molecule has 0 aromatic heterocycles. The number of amides is 1. The van der Waals surface area contributed by atoms with Gasteiger partial charge >= 0.3 is 5.97 Å². The van der Waals surface area contributed by atoms with E-state index in [0.29, 0.717) is 5.56 Å². The molecule has 1 atom stereocenters. The number of rotatable bonds is 2. The number of esters is 1. The van der Waals surface area contributed by atoms with Gasteiger partial charge < -0.3 is 9.64 Å². The van der Waals surface area contributed by atoms with Gasteiger partial charge in [0.1, 0.15) is 5.82 Å². The average Bonchev–Trinajstić information content (AvgIpc) is 2.74. The zero-order valence-electron chi connectivity index (χ0n) is 10.3. The highest BCUT2D eigenvalue weighted by Crippen LogP contribution is 2.29. The molecule has 0 spiro atoms. The Kier molecular flexibility index (Phi) is 3.32. The molecule has 1 fully saturated rings. The van der Waals surface area contributed by atoms with Crippen molar-refractivity contribution in [2.45, 2.75) is 13.3 Å². The normalized spacial score (nSPS) is 19.2. The summed E-state index contributed by atoms with van der Waals surface area (Å²) in [5.74, 6) is -1.62. The van der Waals surface area contributed by atoms with Crippen LogP contribution in [0.3, 0.4) is 0 Å². The van der Waals surface area contributed by atoms with E-state index in [2.05, 4.69) is 4.74 Å². The minimum Gasteiger partial charge on any atom is -0.469 e. The number of aryl methyl sites for hydroxylation is 1. The standard InChI is InChI=1S/C13H14FNO3/c1-8-4-3-5-10(12(8)14)15-7-9(6-11(15)16)13(17)18-2/h3-5,9H,6-7H2,1-2H3. The van der Waals surface area contributed by atoms with Gasteiger partial charge in [0.25, 0.3) is 0 Å². The second-order valence-corrected chi connectivity index (χ2v) is 4.34. The monoisotopic (exact) mass is 251 g/mol. The Morgan fingerprint density at radius 3 is 2.89 bits per heavy atom. The van der Waals surface area contributed by atoms with E-state index in [1.807, 2.05) is 0 Å². The molecule has 1 unspecified atom stereocenters. The first-order valence-electron chi connectivity index (χ1n) is 5.68. The minimum absolute atomic E-state index is 0.0695. The quantitative estimate of drug-likeness (QED) is 0.751. The van der Waals surface area contributed by atoms with Crippen molar-refractivity contribution < 1.29 is 18.7 Å². The summed E-state index contributed by atoms with van der Waals surface area (Å²) in [5, 5.41) is 0. The van der Waals surface area contributed by atoms with Crippen LogP contribution in [0.15, 0.2) is 18.2 Å². The minimum atomic E-state index is -0.512. The summed E-state index contributed by atoms with van der Waals surface area (Å²) in [7, 11) is 1.28. The van der Waals surface area contributed by atoms with E-state index in [0.717, 1.165) is 0 Å². The summed E-state index contributed by atoms with van der Waals surface area (Å²) in [6.45, 7) is 1.81. The molecule has 2 rings (SSSR count). The van der Waals surface area contributed by atoms with E-state index in [4.69, 9.17) is 0 Å². The predicted molar refractivity (Wildman–Crippen MR) is 63.6 cm³/mol. The lowest BCUT2D eigenvalue weighted by Crippen LogP contribution is -2.27. The first-order valence-corrected chi connectivity index (χ1v) is 5.68. The van der Waals surface area contributed by atoms with Crippen molar-refractivity contribution in [3.05, 3.63) is 29.6 Å². The van der Waals surface area contributed by atoms with Crippen molar-refractivity contribution in [3.8, 4) is 0 Å². The molecule has 4 nitrogen and oxygen atoms in total. The van der Waals surface area contributed by atoms with Crippen LogP contribution in [-0.4, -0.2) is 25.5 Å². The summed E-state index contributed by atoms with van der Waals surface area (Å²) >= 11 is 0. The van der Waals surface area contributed by atoms with Gasteiger partial charge in [0.15, 0.2) is 0 Å². The molecule has 96 valence electrons. The van der Waals surface area contributed by atoms with Crippen LogP contribution in [-0.2, 0) is 14.3 Å². The maximum Gasteiger partial charge on any atom is 0.311 e. The number of anilines is 1. The zero-order chi connectivity index (χ0) is 13.3. The number of nitrogens with zero attached hydrogens (tertiary/aromatic N) is 1. The lowest BCUT2D eigenvalue weighted by molar-refractivity contribution is -0.145. The summed E-state index contributed by atoms with van der Waals surface area (Å²) in [5.41, 5.74) is 0.702. The Hall–Kier alpha value is -1.91. The summed E-state index contributed by atoms with van der Waals surface area (Å²) in [4.78, 5) is 24.5. The number of ether oxygens (including phenoxy) is 1.